The SMILES string of the molecule is CCN(CC)C(=O)[C@@H](N=Cc1ccccc1P(c1ccccc1)c1ccccc1)C(C)(C)C. The first kappa shape index (κ1) is 24.9. The molecule has 0 N–H and O–H groups in total. The second kappa shape index (κ2) is 11.4. The molecular formula is C29H35N2OP. The Morgan fingerprint density at radius 3 is 1.82 bits per heavy atom. The molecule has 0 aliphatic rings. The molecule has 0 unspecified atom stereocenters. The fourth-order valence-electron chi connectivity index (χ4n) is 3.90. The zero-order valence-electron chi connectivity index (χ0n) is 20.4. The van der Waals surface area contributed by atoms with Gasteiger partial charge in [0.1, 0.15) is 6.04 Å². The van der Waals surface area contributed by atoms with Crippen LogP contribution in [0.3, 0.4) is 0 Å². The number of amides is 1. The Morgan fingerprint density at radius 1 is 0.848 bits per heavy atom. The fraction of sp³-hybridized carbons (Fsp3) is 0.310. The second-order valence-electron chi connectivity index (χ2n) is 9.12. The summed E-state index contributed by atoms with van der Waals surface area (Å²) < 4.78 is 0. The van der Waals surface area contributed by atoms with E-state index >= 15 is 0 Å². The molecule has 3 aromatic rings. The van der Waals surface area contributed by atoms with E-state index in [9.17, 15) is 4.79 Å². The number of nitrogens with zero attached hydrogens (tertiary/aromatic N) is 2. The van der Waals surface area contributed by atoms with Gasteiger partial charge in [-0.1, -0.05) is 106 Å². The molecule has 0 saturated heterocycles. The molecule has 0 saturated carbocycles. The van der Waals surface area contributed by atoms with Crippen LogP contribution in [0.4, 0.5) is 0 Å². The van der Waals surface area contributed by atoms with Gasteiger partial charge in [-0.3, -0.25) is 9.79 Å². The Balaban J connectivity index is 2.07. The Bertz CT molecular complexity index is 1010. The number of benzene rings is 3. The maximum Gasteiger partial charge on any atom is 0.247 e. The van der Waals surface area contributed by atoms with Gasteiger partial charge in [0.15, 0.2) is 0 Å². The van der Waals surface area contributed by atoms with E-state index in [-0.39, 0.29) is 11.3 Å². The van der Waals surface area contributed by atoms with Crippen molar-refractivity contribution in [3.8, 4) is 0 Å². The molecule has 1 amide bonds. The number of carbonyl (C=O) groups excluding carboxylic acids is 1. The first-order valence-electron chi connectivity index (χ1n) is 11.7. The molecule has 0 radical (unpaired) electrons. The van der Waals surface area contributed by atoms with Gasteiger partial charge in [-0.25, -0.2) is 0 Å². The van der Waals surface area contributed by atoms with E-state index in [1.807, 2.05) is 31.0 Å². The van der Waals surface area contributed by atoms with E-state index in [0.717, 1.165) is 5.56 Å². The lowest BCUT2D eigenvalue weighted by Crippen LogP contribution is -2.44. The van der Waals surface area contributed by atoms with Crippen molar-refractivity contribution < 1.29 is 4.79 Å². The summed E-state index contributed by atoms with van der Waals surface area (Å²) in [5.41, 5.74) is 0.798. The zero-order chi connectivity index (χ0) is 23.8. The normalized spacial score (nSPS) is 12.8. The zero-order valence-corrected chi connectivity index (χ0v) is 21.3. The summed E-state index contributed by atoms with van der Waals surface area (Å²) in [5.74, 6) is 0.0922. The highest BCUT2D eigenvalue weighted by Gasteiger charge is 2.33. The number of hydrogen-bond donors (Lipinski definition) is 0. The van der Waals surface area contributed by atoms with Gasteiger partial charge < -0.3 is 4.90 Å². The molecular weight excluding hydrogens is 423 g/mol. The van der Waals surface area contributed by atoms with Crippen LogP contribution in [0.1, 0.15) is 40.2 Å². The summed E-state index contributed by atoms with van der Waals surface area (Å²) in [4.78, 5) is 20.0. The topological polar surface area (TPSA) is 32.7 Å². The van der Waals surface area contributed by atoms with Crippen LogP contribution in [0, 0.1) is 5.41 Å². The molecule has 0 spiro atoms. The molecule has 3 aromatic carbocycles. The van der Waals surface area contributed by atoms with Crippen molar-refractivity contribution in [2.45, 2.75) is 40.7 Å². The maximum absolute atomic E-state index is 13.3. The predicted molar refractivity (Wildman–Crippen MR) is 144 cm³/mol. The fourth-order valence-corrected chi connectivity index (χ4v) is 6.32. The number of carbonyl (C=O) groups is 1. The number of rotatable bonds is 8. The molecule has 33 heavy (non-hydrogen) atoms. The van der Waals surface area contributed by atoms with E-state index in [4.69, 9.17) is 4.99 Å². The van der Waals surface area contributed by atoms with Gasteiger partial charge in [-0.2, -0.15) is 0 Å². The summed E-state index contributed by atoms with van der Waals surface area (Å²) in [6.45, 7) is 11.7. The Labute approximate surface area is 200 Å². The smallest absolute Gasteiger partial charge is 0.247 e. The van der Waals surface area contributed by atoms with Gasteiger partial charge in [-0.05, 0) is 43.1 Å². The third-order valence-electron chi connectivity index (χ3n) is 5.70. The highest BCUT2D eigenvalue weighted by Crippen LogP contribution is 2.34. The second-order valence-corrected chi connectivity index (χ2v) is 11.3. The van der Waals surface area contributed by atoms with E-state index in [0.29, 0.717) is 13.1 Å². The van der Waals surface area contributed by atoms with E-state index < -0.39 is 14.0 Å². The molecule has 0 aliphatic heterocycles. The van der Waals surface area contributed by atoms with Crippen molar-refractivity contribution in [2.75, 3.05) is 13.1 Å². The van der Waals surface area contributed by atoms with E-state index in [1.165, 1.54) is 15.9 Å². The molecule has 0 aromatic heterocycles. The third kappa shape index (κ3) is 6.18. The van der Waals surface area contributed by atoms with Crippen LogP contribution in [-0.4, -0.2) is 36.2 Å². The number of likely N-dealkylation sites (N-methyl/N-ethyl adjacent to an activating group) is 1. The monoisotopic (exact) mass is 458 g/mol. The largest absolute Gasteiger partial charge is 0.341 e. The molecule has 1 atom stereocenters. The van der Waals surface area contributed by atoms with Crippen LogP contribution in [0.15, 0.2) is 89.9 Å². The minimum atomic E-state index is -0.746. The Kier molecular flexibility index (Phi) is 8.58. The molecule has 3 rings (SSSR count). The van der Waals surface area contributed by atoms with Gasteiger partial charge in [0, 0.05) is 24.9 Å². The van der Waals surface area contributed by atoms with Crippen molar-refractivity contribution in [1.82, 2.24) is 4.90 Å². The van der Waals surface area contributed by atoms with Crippen molar-refractivity contribution in [1.29, 1.82) is 0 Å². The molecule has 172 valence electrons. The molecule has 4 heteroatoms. The van der Waals surface area contributed by atoms with Crippen molar-refractivity contribution in [3.63, 3.8) is 0 Å². The summed E-state index contributed by atoms with van der Waals surface area (Å²) in [6, 6.07) is 29.4. The minimum Gasteiger partial charge on any atom is -0.341 e. The van der Waals surface area contributed by atoms with Gasteiger partial charge in [0.2, 0.25) is 5.91 Å². The lowest BCUT2D eigenvalue weighted by atomic mass is 9.86. The Hall–Kier alpha value is -2.77. The minimum absolute atomic E-state index is 0.0922. The first-order chi connectivity index (χ1) is 15.9. The van der Waals surface area contributed by atoms with Gasteiger partial charge >= 0.3 is 0 Å². The molecule has 0 bridgehead atoms. The van der Waals surface area contributed by atoms with Crippen LogP contribution in [0.25, 0.3) is 0 Å². The van der Waals surface area contributed by atoms with Crippen LogP contribution in [0.2, 0.25) is 0 Å². The average Bonchev–Trinajstić information content (AvgIpc) is 2.82. The van der Waals surface area contributed by atoms with Crippen molar-refractivity contribution in [3.05, 3.63) is 90.5 Å². The lowest BCUT2D eigenvalue weighted by molar-refractivity contribution is -0.134. The standard InChI is InChI=1S/C29H35N2OP/c1-6-31(7-2)28(32)27(29(3,4)5)30-22-23-16-14-15-21-26(23)33(24-17-10-8-11-18-24)25-19-12-9-13-20-25/h8-22,27H,6-7H2,1-5H3/t27-/m1/s1. The number of hydrogen-bond acceptors (Lipinski definition) is 2. The Morgan fingerprint density at radius 2 is 1.33 bits per heavy atom. The highest BCUT2D eigenvalue weighted by molar-refractivity contribution is 7.80. The molecule has 0 aliphatic carbocycles. The summed E-state index contributed by atoms with van der Waals surface area (Å²) in [6.07, 6.45) is 1.92. The third-order valence-corrected chi connectivity index (χ3v) is 8.22. The lowest BCUT2D eigenvalue weighted by Gasteiger charge is -2.31. The predicted octanol–water partition coefficient (Wildman–Crippen LogP) is 5.15. The summed E-state index contributed by atoms with van der Waals surface area (Å²) in [7, 11) is -0.746. The van der Waals surface area contributed by atoms with Crippen LogP contribution in [0.5, 0.6) is 0 Å². The average molecular weight is 459 g/mol. The summed E-state index contributed by atoms with van der Waals surface area (Å²) >= 11 is 0. The summed E-state index contributed by atoms with van der Waals surface area (Å²) in [5, 5.41) is 3.84. The maximum atomic E-state index is 13.3. The van der Waals surface area contributed by atoms with Gasteiger partial charge in [-0.15, -0.1) is 0 Å². The van der Waals surface area contributed by atoms with Crippen molar-refractivity contribution in [2.24, 2.45) is 10.4 Å². The molecule has 0 fully saturated rings. The molecule has 0 heterocycles. The van der Waals surface area contributed by atoms with Gasteiger partial charge in [0.05, 0.1) is 0 Å². The van der Waals surface area contributed by atoms with E-state index in [1.54, 1.807) is 0 Å². The van der Waals surface area contributed by atoms with Crippen molar-refractivity contribution >= 4 is 36.0 Å². The van der Waals surface area contributed by atoms with Gasteiger partial charge in [0.25, 0.3) is 0 Å². The number of aliphatic imine (C=N–C) groups is 1. The highest BCUT2D eigenvalue weighted by atomic mass is 31.1. The van der Waals surface area contributed by atoms with Crippen LogP contribution < -0.4 is 15.9 Å². The van der Waals surface area contributed by atoms with Crippen LogP contribution in [-0.2, 0) is 4.79 Å². The first-order valence-corrected chi connectivity index (χ1v) is 13.0. The quantitative estimate of drug-likeness (QED) is 0.340. The van der Waals surface area contributed by atoms with Crippen LogP contribution >= 0.6 is 7.92 Å². The van der Waals surface area contributed by atoms with E-state index in [2.05, 4.69) is 99.6 Å². The molecule has 3 nitrogen and oxygen atoms in total.